The molecule has 1 heterocycles. The second-order valence-corrected chi connectivity index (χ2v) is 5.88. The topological polar surface area (TPSA) is 58.5 Å². The van der Waals surface area contributed by atoms with Gasteiger partial charge in [0.2, 0.25) is 0 Å². The van der Waals surface area contributed by atoms with Crippen LogP contribution < -0.4 is 15.4 Å². The van der Waals surface area contributed by atoms with E-state index in [0.29, 0.717) is 23.9 Å². The third-order valence-corrected chi connectivity index (χ3v) is 3.86. The molecule has 0 spiro atoms. The van der Waals surface area contributed by atoms with Crippen LogP contribution in [0.2, 0.25) is 5.02 Å². The van der Waals surface area contributed by atoms with Crippen LogP contribution in [0.3, 0.4) is 0 Å². The van der Waals surface area contributed by atoms with Crippen LogP contribution in [0.1, 0.15) is 26.0 Å². The van der Waals surface area contributed by atoms with Gasteiger partial charge in [-0.25, -0.2) is 4.99 Å². The van der Waals surface area contributed by atoms with E-state index >= 15 is 0 Å². The number of para-hydroxylation sites is 1. The van der Waals surface area contributed by atoms with Crippen molar-refractivity contribution >= 4 is 17.6 Å². The number of hydrogen-bond donors (Lipinski definition) is 2. The highest BCUT2D eigenvalue weighted by atomic mass is 35.5. The monoisotopic (exact) mass is 360 g/mol. The van der Waals surface area contributed by atoms with Crippen molar-refractivity contribution in [2.24, 2.45) is 4.99 Å². The minimum atomic E-state index is -0.00129. The third kappa shape index (κ3) is 6.63. The Morgan fingerprint density at radius 3 is 2.64 bits per heavy atom. The van der Waals surface area contributed by atoms with E-state index in [1.807, 2.05) is 49.4 Å². The number of pyridine rings is 1. The van der Waals surface area contributed by atoms with Crippen molar-refractivity contribution in [3.05, 3.63) is 59.4 Å². The van der Waals surface area contributed by atoms with Gasteiger partial charge >= 0.3 is 0 Å². The molecule has 134 valence electrons. The zero-order valence-electron chi connectivity index (χ0n) is 14.7. The predicted molar refractivity (Wildman–Crippen MR) is 103 cm³/mol. The Hall–Kier alpha value is -2.27. The van der Waals surface area contributed by atoms with Gasteiger partial charge in [0.1, 0.15) is 11.9 Å². The quantitative estimate of drug-likeness (QED) is 0.557. The van der Waals surface area contributed by atoms with Crippen molar-refractivity contribution in [1.82, 2.24) is 15.6 Å². The lowest BCUT2D eigenvalue weighted by Gasteiger charge is -2.20. The zero-order valence-corrected chi connectivity index (χ0v) is 15.5. The molecule has 0 radical (unpaired) electrons. The van der Waals surface area contributed by atoms with Gasteiger partial charge in [0.25, 0.3) is 0 Å². The fraction of sp³-hybridized carbons (Fsp3) is 0.368. The molecule has 2 N–H and O–H groups in total. The highest BCUT2D eigenvalue weighted by Crippen LogP contribution is 2.24. The fourth-order valence-corrected chi connectivity index (χ4v) is 2.37. The first kappa shape index (κ1) is 19.1. The van der Waals surface area contributed by atoms with Crippen molar-refractivity contribution in [3.63, 3.8) is 0 Å². The number of aliphatic imine (C=N–C) groups is 1. The first-order chi connectivity index (χ1) is 12.2. The first-order valence-electron chi connectivity index (χ1n) is 8.56. The van der Waals surface area contributed by atoms with Crippen molar-refractivity contribution in [2.45, 2.75) is 32.9 Å². The molecule has 0 saturated heterocycles. The lowest BCUT2D eigenvalue weighted by atomic mass is 10.2. The summed E-state index contributed by atoms with van der Waals surface area (Å²) in [5.41, 5.74) is 0.930. The number of ether oxygens (including phenoxy) is 1. The smallest absolute Gasteiger partial charge is 0.191 e. The number of aromatic nitrogens is 1. The molecular weight excluding hydrogens is 336 g/mol. The fourth-order valence-electron chi connectivity index (χ4n) is 2.19. The number of hydrogen-bond acceptors (Lipinski definition) is 3. The van der Waals surface area contributed by atoms with Gasteiger partial charge < -0.3 is 15.4 Å². The standard InChI is InChI=1S/C19H25ClN4O/c1-3-16(25-18-11-6-5-10-17(18)20)14-24-19(21-4-2)23-13-15-9-7-8-12-22-15/h5-12,16H,3-4,13-14H2,1-2H3,(H2,21,23,24). The molecule has 0 aliphatic heterocycles. The summed E-state index contributed by atoms with van der Waals surface area (Å²) in [5, 5.41) is 7.18. The molecule has 0 amide bonds. The minimum absolute atomic E-state index is 0.00129. The number of nitrogens with zero attached hydrogens (tertiary/aromatic N) is 2. The summed E-state index contributed by atoms with van der Waals surface area (Å²) < 4.78 is 6.00. The zero-order chi connectivity index (χ0) is 17.9. The van der Waals surface area contributed by atoms with E-state index in [0.717, 1.165) is 24.6 Å². The molecule has 1 atom stereocenters. The Morgan fingerprint density at radius 2 is 1.96 bits per heavy atom. The van der Waals surface area contributed by atoms with Gasteiger partial charge in [0.15, 0.2) is 5.96 Å². The molecule has 0 bridgehead atoms. The van der Waals surface area contributed by atoms with E-state index in [1.54, 1.807) is 6.20 Å². The van der Waals surface area contributed by atoms with Gasteiger partial charge in [0, 0.05) is 12.7 Å². The van der Waals surface area contributed by atoms with Gasteiger partial charge in [-0.1, -0.05) is 36.7 Å². The lowest BCUT2D eigenvalue weighted by molar-refractivity contribution is 0.199. The minimum Gasteiger partial charge on any atom is -0.487 e. The number of benzene rings is 1. The van der Waals surface area contributed by atoms with Crippen LogP contribution in [-0.4, -0.2) is 30.1 Å². The number of guanidine groups is 1. The molecule has 1 unspecified atom stereocenters. The molecule has 2 rings (SSSR count). The summed E-state index contributed by atoms with van der Waals surface area (Å²) in [6, 6.07) is 13.3. The average molecular weight is 361 g/mol. The van der Waals surface area contributed by atoms with E-state index in [-0.39, 0.29) is 6.10 Å². The van der Waals surface area contributed by atoms with E-state index in [1.165, 1.54) is 0 Å². The molecule has 0 aliphatic rings. The Morgan fingerprint density at radius 1 is 1.16 bits per heavy atom. The van der Waals surface area contributed by atoms with Crippen LogP contribution in [0.25, 0.3) is 0 Å². The molecule has 1 aromatic heterocycles. The van der Waals surface area contributed by atoms with Gasteiger partial charge in [-0.2, -0.15) is 0 Å². The summed E-state index contributed by atoms with van der Waals surface area (Å²) >= 11 is 6.17. The van der Waals surface area contributed by atoms with Crippen LogP contribution in [0, 0.1) is 0 Å². The van der Waals surface area contributed by atoms with Crippen LogP contribution in [0.4, 0.5) is 0 Å². The van der Waals surface area contributed by atoms with Crippen molar-refractivity contribution in [1.29, 1.82) is 0 Å². The van der Waals surface area contributed by atoms with Crippen molar-refractivity contribution < 1.29 is 4.74 Å². The Kier molecular flexibility index (Phi) is 8.05. The Balaban J connectivity index is 1.92. The second kappa shape index (κ2) is 10.6. The average Bonchev–Trinajstić information content (AvgIpc) is 2.65. The van der Waals surface area contributed by atoms with Gasteiger partial charge in [-0.15, -0.1) is 0 Å². The van der Waals surface area contributed by atoms with Crippen LogP contribution in [0.15, 0.2) is 53.7 Å². The Labute approximate surface area is 154 Å². The van der Waals surface area contributed by atoms with E-state index < -0.39 is 0 Å². The van der Waals surface area contributed by atoms with Crippen LogP contribution in [0.5, 0.6) is 5.75 Å². The SMILES string of the molecule is CCNC(=NCc1ccccn1)NCC(CC)Oc1ccccc1Cl. The summed E-state index contributed by atoms with van der Waals surface area (Å²) in [6.45, 7) is 6.07. The summed E-state index contributed by atoms with van der Waals surface area (Å²) in [5.74, 6) is 1.45. The molecule has 5 nitrogen and oxygen atoms in total. The normalized spacial score (nSPS) is 12.5. The van der Waals surface area contributed by atoms with Crippen LogP contribution in [-0.2, 0) is 6.54 Å². The molecule has 25 heavy (non-hydrogen) atoms. The summed E-state index contributed by atoms with van der Waals surface area (Å²) in [4.78, 5) is 8.85. The third-order valence-electron chi connectivity index (χ3n) is 3.55. The maximum absolute atomic E-state index is 6.17. The number of nitrogens with one attached hydrogen (secondary N) is 2. The highest BCUT2D eigenvalue weighted by Gasteiger charge is 2.11. The Bertz CT molecular complexity index is 663. The molecular formula is C19H25ClN4O. The number of halogens is 1. The molecule has 1 aromatic carbocycles. The highest BCUT2D eigenvalue weighted by molar-refractivity contribution is 6.32. The van der Waals surface area contributed by atoms with E-state index in [9.17, 15) is 0 Å². The predicted octanol–water partition coefficient (Wildman–Crippen LogP) is 3.65. The molecule has 0 saturated carbocycles. The maximum atomic E-state index is 6.17. The first-order valence-corrected chi connectivity index (χ1v) is 8.94. The van der Waals surface area contributed by atoms with Gasteiger partial charge in [-0.05, 0) is 37.6 Å². The van der Waals surface area contributed by atoms with Crippen LogP contribution >= 0.6 is 11.6 Å². The summed E-state index contributed by atoms with van der Waals surface area (Å²) in [7, 11) is 0. The van der Waals surface area contributed by atoms with E-state index in [2.05, 4.69) is 27.5 Å². The van der Waals surface area contributed by atoms with Crippen molar-refractivity contribution in [3.8, 4) is 5.75 Å². The second-order valence-electron chi connectivity index (χ2n) is 5.48. The van der Waals surface area contributed by atoms with Gasteiger partial charge in [0.05, 0.1) is 23.8 Å². The van der Waals surface area contributed by atoms with E-state index in [4.69, 9.17) is 16.3 Å². The maximum Gasteiger partial charge on any atom is 0.191 e. The molecule has 6 heteroatoms. The largest absolute Gasteiger partial charge is 0.487 e. The number of rotatable bonds is 8. The summed E-state index contributed by atoms with van der Waals surface area (Å²) in [6.07, 6.45) is 2.63. The molecule has 0 fully saturated rings. The lowest BCUT2D eigenvalue weighted by Crippen LogP contribution is -2.42. The van der Waals surface area contributed by atoms with Gasteiger partial charge in [-0.3, -0.25) is 4.98 Å². The van der Waals surface area contributed by atoms with Crippen molar-refractivity contribution in [2.75, 3.05) is 13.1 Å². The molecule has 0 aliphatic carbocycles. The molecule has 2 aromatic rings.